The van der Waals surface area contributed by atoms with Crippen LogP contribution in [0.5, 0.6) is 0 Å². The van der Waals surface area contributed by atoms with E-state index < -0.39 is 10.0 Å². The maximum Gasteiger partial charge on any atom is 0.275 e. The number of aryl methyl sites for hydroxylation is 1. The van der Waals surface area contributed by atoms with Crippen molar-refractivity contribution in [2.24, 2.45) is 0 Å². The largest absolute Gasteiger partial charge is 0.347 e. The summed E-state index contributed by atoms with van der Waals surface area (Å²) in [5.41, 5.74) is 3.12. The lowest BCUT2D eigenvalue weighted by atomic mass is 10.1. The first-order chi connectivity index (χ1) is 13.9. The van der Waals surface area contributed by atoms with Crippen molar-refractivity contribution in [2.45, 2.75) is 13.5 Å². The second-order valence-electron chi connectivity index (χ2n) is 7.29. The molecule has 29 heavy (non-hydrogen) atoms. The van der Waals surface area contributed by atoms with E-state index in [-0.39, 0.29) is 5.91 Å². The van der Waals surface area contributed by atoms with Crippen LogP contribution >= 0.6 is 0 Å². The van der Waals surface area contributed by atoms with E-state index in [0.29, 0.717) is 39.3 Å². The number of benzene rings is 2. The van der Waals surface area contributed by atoms with Gasteiger partial charge in [-0.15, -0.1) is 0 Å². The van der Waals surface area contributed by atoms with Crippen LogP contribution in [0.25, 0.3) is 6.08 Å². The molecule has 0 aliphatic carbocycles. The first-order valence-corrected chi connectivity index (χ1v) is 11.3. The third-order valence-electron chi connectivity index (χ3n) is 5.17. The van der Waals surface area contributed by atoms with Crippen LogP contribution in [0.15, 0.2) is 60.0 Å². The van der Waals surface area contributed by atoms with Crippen molar-refractivity contribution in [2.75, 3.05) is 32.7 Å². The summed E-state index contributed by atoms with van der Waals surface area (Å²) in [6, 6.07) is 17.3. The fourth-order valence-corrected chi connectivity index (χ4v) is 4.53. The molecule has 2 aromatic rings. The molecule has 0 bridgehead atoms. The van der Waals surface area contributed by atoms with Crippen LogP contribution in [-0.2, 0) is 21.4 Å². The highest BCUT2D eigenvalue weighted by molar-refractivity contribution is 7.92. The van der Waals surface area contributed by atoms with Gasteiger partial charge in [0.05, 0.1) is 26.2 Å². The molecule has 0 radical (unpaired) electrons. The van der Waals surface area contributed by atoms with E-state index in [9.17, 15) is 13.2 Å². The number of carbonyl (C=O) groups is 1. The van der Waals surface area contributed by atoms with Gasteiger partial charge in [-0.25, -0.2) is 8.42 Å². The first kappa shape index (κ1) is 21.2. The summed E-state index contributed by atoms with van der Waals surface area (Å²) >= 11 is 0. The molecule has 3 rings (SSSR count). The van der Waals surface area contributed by atoms with E-state index in [0.717, 1.165) is 21.6 Å². The average Bonchev–Trinajstić information content (AvgIpc) is 2.73. The zero-order chi connectivity index (χ0) is 20.7. The second-order valence-corrected chi connectivity index (χ2v) is 9.11. The minimum absolute atomic E-state index is 0.0106. The zero-order valence-electron chi connectivity index (χ0n) is 16.7. The van der Waals surface area contributed by atoms with Gasteiger partial charge < -0.3 is 10.2 Å². The lowest BCUT2D eigenvalue weighted by Gasteiger charge is -2.30. The van der Waals surface area contributed by atoms with Gasteiger partial charge in [0.25, 0.3) is 5.91 Å². The third-order valence-corrected chi connectivity index (χ3v) is 6.73. The summed E-state index contributed by atoms with van der Waals surface area (Å²) in [5.74, 6) is -0.0106. The molecule has 7 heteroatoms. The molecule has 1 aliphatic heterocycles. The molecule has 154 valence electrons. The average molecular weight is 415 g/mol. The predicted molar refractivity (Wildman–Crippen MR) is 115 cm³/mol. The van der Waals surface area contributed by atoms with E-state index in [1.54, 1.807) is 6.08 Å². The van der Waals surface area contributed by atoms with E-state index in [1.165, 1.54) is 9.71 Å². The molecule has 0 saturated carbocycles. The van der Waals surface area contributed by atoms with Crippen molar-refractivity contribution >= 4 is 22.0 Å². The first-order valence-electron chi connectivity index (χ1n) is 9.82. The lowest BCUT2D eigenvalue weighted by Crippen LogP contribution is -3.15. The van der Waals surface area contributed by atoms with Gasteiger partial charge >= 0.3 is 0 Å². The Morgan fingerprint density at radius 2 is 1.72 bits per heavy atom. The Morgan fingerprint density at radius 1 is 1.07 bits per heavy atom. The molecule has 2 aromatic carbocycles. The molecule has 0 unspecified atom stereocenters. The Bertz CT molecular complexity index is 950. The summed E-state index contributed by atoms with van der Waals surface area (Å²) in [4.78, 5) is 13.4. The number of rotatable bonds is 7. The Balaban J connectivity index is 1.45. The number of nitrogens with one attached hydrogen (secondary N) is 2. The smallest absolute Gasteiger partial charge is 0.275 e. The van der Waals surface area contributed by atoms with Crippen molar-refractivity contribution in [1.82, 2.24) is 9.62 Å². The number of piperazine rings is 1. The van der Waals surface area contributed by atoms with Gasteiger partial charge in [0.1, 0.15) is 0 Å². The maximum absolute atomic E-state index is 12.5. The van der Waals surface area contributed by atoms with E-state index in [4.69, 9.17) is 0 Å². The van der Waals surface area contributed by atoms with Gasteiger partial charge in [-0.3, -0.25) is 4.79 Å². The van der Waals surface area contributed by atoms with Crippen molar-refractivity contribution < 1.29 is 18.1 Å². The fourth-order valence-electron chi connectivity index (χ4n) is 3.34. The van der Waals surface area contributed by atoms with Crippen LogP contribution in [0.2, 0.25) is 0 Å². The van der Waals surface area contributed by atoms with Crippen LogP contribution < -0.4 is 10.2 Å². The minimum Gasteiger partial charge on any atom is -0.347 e. The highest BCUT2D eigenvalue weighted by Crippen LogP contribution is 2.08. The van der Waals surface area contributed by atoms with Crippen LogP contribution in [0.4, 0.5) is 0 Å². The minimum atomic E-state index is -3.45. The lowest BCUT2D eigenvalue weighted by molar-refractivity contribution is -0.895. The van der Waals surface area contributed by atoms with Crippen LogP contribution in [0, 0.1) is 6.92 Å². The van der Waals surface area contributed by atoms with E-state index in [1.807, 2.05) is 61.5 Å². The Morgan fingerprint density at radius 3 is 2.41 bits per heavy atom. The summed E-state index contributed by atoms with van der Waals surface area (Å²) in [5, 5.41) is 4.23. The number of quaternary nitrogens is 1. The summed E-state index contributed by atoms with van der Waals surface area (Å²) < 4.78 is 26.5. The third kappa shape index (κ3) is 6.25. The van der Waals surface area contributed by atoms with Crippen molar-refractivity contribution in [1.29, 1.82) is 0 Å². The number of hydrogen-bond donors (Lipinski definition) is 2. The number of amides is 1. The summed E-state index contributed by atoms with van der Waals surface area (Å²) in [6.45, 7) is 4.98. The monoisotopic (exact) mass is 414 g/mol. The van der Waals surface area contributed by atoms with Gasteiger partial charge in [-0.1, -0.05) is 54.6 Å². The topological polar surface area (TPSA) is 70.9 Å². The number of hydrogen-bond acceptors (Lipinski definition) is 3. The quantitative estimate of drug-likeness (QED) is 0.705. The predicted octanol–water partition coefficient (Wildman–Crippen LogP) is 0.812. The molecule has 0 atom stereocenters. The normalized spacial score (nSPS) is 16.2. The summed E-state index contributed by atoms with van der Waals surface area (Å²) in [7, 11) is -3.45. The van der Waals surface area contributed by atoms with Gasteiger partial charge in [0.15, 0.2) is 6.54 Å². The molecule has 6 nitrogen and oxygen atoms in total. The van der Waals surface area contributed by atoms with Crippen LogP contribution in [-0.4, -0.2) is 51.4 Å². The molecular weight excluding hydrogens is 386 g/mol. The number of carbonyl (C=O) groups excluding carboxylic acids is 1. The Hall–Kier alpha value is -2.48. The van der Waals surface area contributed by atoms with Crippen molar-refractivity contribution in [3.8, 4) is 0 Å². The van der Waals surface area contributed by atoms with Gasteiger partial charge in [0, 0.05) is 12.0 Å². The zero-order valence-corrected chi connectivity index (χ0v) is 17.5. The second kappa shape index (κ2) is 9.82. The van der Waals surface area contributed by atoms with Crippen LogP contribution in [0.3, 0.4) is 0 Å². The number of sulfonamides is 1. The molecule has 0 aromatic heterocycles. The SMILES string of the molecule is Cc1ccccc1CNC(=O)C[NH+]1CCN(S(=O)(=O)/C=C/c2ccccc2)CC1. The highest BCUT2D eigenvalue weighted by Gasteiger charge is 2.28. The molecule has 0 spiro atoms. The highest BCUT2D eigenvalue weighted by atomic mass is 32.2. The molecule has 1 saturated heterocycles. The van der Waals surface area contributed by atoms with Gasteiger partial charge in [0.2, 0.25) is 10.0 Å². The molecule has 1 amide bonds. The molecular formula is C22H28N3O3S+. The van der Waals surface area contributed by atoms with Gasteiger partial charge in [-0.05, 0) is 29.7 Å². The Labute approximate surface area is 172 Å². The Kier molecular flexibility index (Phi) is 7.19. The van der Waals surface area contributed by atoms with Gasteiger partial charge in [-0.2, -0.15) is 4.31 Å². The van der Waals surface area contributed by atoms with Crippen LogP contribution in [0.1, 0.15) is 16.7 Å². The maximum atomic E-state index is 12.5. The van der Waals surface area contributed by atoms with E-state index >= 15 is 0 Å². The summed E-state index contributed by atoms with van der Waals surface area (Å²) in [6.07, 6.45) is 1.62. The fraction of sp³-hybridized carbons (Fsp3) is 0.318. The van der Waals surface area contributed by atoms with Crippen molar-refractivity contribution in [3.05, 3.63) is 76.7 Å². The standard InChI is InChI=1S/C22H27N3O3S/c1-19-7-5-6-10-21(19)17-23-22(26)18-24-12-14-25(15-13-24)29(27,28)16-11-20-8-3-2-4-9-20/h2-11,16H,12-15,17-18H2,1H3,(H,23,26)/p+1/b16-11+. The molecule has 1 heterocycles. The molecule has 1 aliphatic rings. The molecule has 1 fully saturated rings. The molecule has 2 N–H and O–H groups in total. The number of nitrogens with zero attached hydrogens (tertiary/aromatic N) is 1. The van der Waals surface area contributed by atoms with E-state index in [2.05, 4.69) is 5.32 Å². The van der Waals surface area contributed by atoms with Crippen molar-refractivity contribution in [3.63, 3.8) is 0 Å².